The summed E-state index contributed by atoms with van der Waals surface area (Å²) in [6.07, 6.45) is 0.639. The molecular weight excluding hydrogens is 364 g/mol. The SMILES string of the molecule is O=C(NC(C(=O)NCC1Cc2ccccc2O1)c1ccccc1)c1ccccc1. The lowest BCUT2D eigenvalue weighted by Gasteiger charge is -2.20. The molecule has 0 radical (unpaired) electrons. The van der Waals surface area contributed by atoms with Crippen molar-refractivity contribution in [2.24, 2.45) is 0 Å². The first kappa shape index (κ1) is 18.7. The van der Waals surface area contributed by atoms with Crippen molar-refractivity contribution in [2.45, 2.75) is 18.6 Å². The summed E-state index contributed by atoms with van der Waals surface area (Å²) in [5.41, 5.74) is 2.38. The van der Waals surface area contributed by atoms with Gasteiger partial charge in [-0.25, -0.2) is 0 Å². The van der Waals surface area contributed by atoms with Crippen molar-refractivity contribution in [3.05, 3.63) is 102 Å². The van der Waals surface area contributed by atoms with Gasteiger partial charge in [-0.2, -0.15) is 0 Å². The number of benzene rings is 3. The molecule has 2 N–H and O–H groups in total. The lowest BCUT2D eigenvalue weighted by atomic mass is 10.0. The van der Waals surface area contributed by atoms with E-state index < -0.39 is 6.04 Å². The van der Waals surface area contributed by atoms with Crippen LogP contribution in [0.5, 0.6) is 5.75 Å². The number of fused-ring (bicyclic) bond motifs is 1. The molecule has 0 saturated carbocycles. The molecule has 0 fully saturated rings. The number of hydrogen-bond donors (Lipinski definition) is 2. The molecule has 29 heavy (non-hydrogen) atoms. The first-order valence-corrected chi connectivity index (χ1v) is 9.64. The van der Waals surface area contributed by atoms with E-state index in [0.29, 0.717) is 12.1 Å². The smallest absolute Gasteiger partial charge is 0.252 e. The van der Waals surface area contributed by atoms with Crippen LogP contribution >= 0.6 is 0 Å². The maximum Gasteiger partial charge on any atom is 0.252 e. The Morgan fingerprint density at radius 1 is 0.897 bits per heavy atom. The van der Waals surface area contributed by atoms with Crippen molar-refractivity contribution in [3.8, 4) is 5.75 Å². The Bertz CT molecular complexity index is 964. The summed E-state index contributed by atoms with van der Waals surface area (Å²) < 4.78 is 5.89. The zero-order valence-electron chi connectivity index (χ0n) is 15.9. The van der Waals surface area contributed by atoms with Gasteiger partial charge in [0.15, 0.2) is 0 Å². The first-order chi connectivity index (χ1) is 14.2. The third-order valence-electron chi connectivity index (χ3n) is 4.92. The first-order valence-electron chi connectivity index (χ1n) is 9.64. The van der Waals surface area contributed by atoms with Crippen LogP contribution in [0.1, 0.15) is 27.5 Å². The number of ether oxygens (including phenoxy) is 1. The van der Waals surface area contributed by atoms with Crippen molar-refractivity contribution < 1.29 is 14.3 Å². The summed E-state index contributed by atoms with van der Waals surface area (Å²) in [4.78, 5) is 25.6. The summed E-state index contributed by atoms with van der Waals surface area (Å²) in [5, 5.41) is 5.79. The number of carbonyl (C=O) groups excluding carboxylic acids is 2. The normalized spacial score (nSPS) is 15.7. The summed E-state index contributed by atoms with van der Waals surface area (Å²) in [7, 11) is 0. The van der Waals surface area contributed by atoms with Crippen LogP contribution in [0.25, 0.3) is 0 Å². The van der Waals surface area contributed by atoms with Gasteiger partial charge in [0.1, 0.15) is 17.9 Å². The van der Waals surface area contributed by atoms with E-state index in [-0.39, 0.29) is 17.9 Å². The van der Waals surface area contributed by atoms with Gasteiger partial charge >= 0.3 is 0 Å². The van der Waals surface area contributed by atoms with E-state index in [0.717, 1.165) is 23.3 Å². The van der Waals surface area contributed by atoms with Crippen molar-refractivity contribution in [1.29, 1.82) is 0 Å². The van der Waals surface area contributed by atoms with E-state index in [2.05, 4.69) is 10.6 Å². The Balaban J connectivity index is 1.43. The number of rotatable bonds is 6. The van der Waals surface area contributed by atoms with Crippen molar-refractivity contribution >= 4 is 11.8 Å². The number of carbonyl (C=O) groups is 2. The number of nitrogens with one attached hydrogen (secondary N) is 2. The second kappa shape index (κ2) is 8.61. The average Bonchev–Trinajstić information content (AvgIpc) is 3.20. The van der Waals surface area contributed by atoms with Gasteiger partial charge in [-0.1, -0.05) is 66.7 Å². The van der Waals surface area contributed by atoms with Crippen molar-refractivity contribution in [3.63, 3.8) is 0 Å². The monoisotopic (exact) mass is 386 g/mol. The summed E-state index contributed by atoms with van der Waals surface area (Å²) in [6.45, 7) is 0.373. The minimum Gasteiger partial charge on any atom is -0.488 e. The van der Waals surface area contributed by atoms with Gasteiger partial charge in [0.05, 0.1) is 6.54 Å². The Hall–Kier alpha value is -3.60. The molecule has 3 aromatic carbocycles. The van der Waals surface area contributed by atoms with Crippen LogP contribution in [0.3, 0.4) is 0 Å². The van der Waals surface area contributed by atoms with Gasteiger partial charge in [-0.05, 0) is 29.3 Å². The molecule has 2 amide bonds. The fourth-order valence-corrected chi connectivity index (χ4v) is 3.43. The molecule has 0 saturated heterocycles. The largest absolute Gasteiger partial charge is 0.488 e. The predicted molar refractivity (Wildman–Crippen MR) is 111 cm³/mol. The highest BCUT2D eigenvalue weighted by molar-refractivity contribution is 5.97. The molecule has 3 aromatic rings. The van der Waals surface area contributed by atoms with Crippen LogP contribution in [0.4, 0.5) is 0 Å². The van der Waals surface area contributed by atoms with E-state index in [9.17, 15) is 9.59 Å². The standard InChI is InChI=1S/C24H22N2O3/c27-23(18-11-5-2-6-12-18)26-22(17-9-3-1-4-10-17)24(28)25-16-20-15-19-13-7-8-14-21(19)29-20/h1-14,20,22H,15-16H2,(H,25,28)(H,26,27). The molecule has 0 aromatic heterocycles. The molecule has 0 spiro atoms. The number of para-hydroxylation sites is 1. The summed E-state index contributed by atoms with van der Waals surface area (Å²) >= 11 is 0. The molecule has 1 aliphatic rings. The van der Waals surface area contributed by atoms with Gasteiger partial charge in [-0.15, -0.1) is 0 Å². The Kier molecular flexibility index (Phi) is 5.56. The molecule has 1 aliphatic heterocycles. The highest BCUT2D eigenvalue weighted by Gasteiger charge is 2.26. The van der Waals surface area contributed by atoms with E-state index >= 15 is 0 Å². The van der Waals surface area contributed by atoms with Crippen LogP contribution in [0.15, 0.2) is 84.9 Å². The van der Waals surface area contributed by atoms with Crippen LogP contribution in [0, 0.1) is 0 Å². The van der Waals surface area contributed by atoms with Gasteiger partial charge in [0, 0.05) is 12.0 Å². The average molecular weight is 386 g/mol. The van der Waals surface area contributed by atoms with E-state index in [1.54, 1.807) is 24.3 Å². The molecule has 0 aliphatic carbocycles. The maximum atomic E-state index is 13.0. The zero-order chi connectivity index (χ0) is 20.1. The molecule has 5 nitrogen and oxygen atoms in total. The number of hydrogen-bond acceptors (Lipinski definition) is 3. The molecule has 0 bridgehead atoms. The van der Waals surface area contributed by atoms with Gasteiger partial charge < -0.3 is 15.4 Å². The fourth-order valence-electron chi connectivity index (χ4n) is 3.43. The van der Waals surface area contributed by atoms with E-state index in [4.69, 9.17) is 4.74 Å². The third-order valence-corrected chi connectivity index (χ3v) is 4.92. The number of amides is 2. The van der Waals surface area contributed by atoms with Crippen molar-refractivity contribution in [1.82, 2.24) is 10.6 Å². The molecular formula is C24H22N2O3. The Morgan fingerprint density at radius 3 is 2.28 bits per heavy atom. The maximum absolute atomic E-state index is 13.0. The third kappa shape index (κ3) is 4.46. The van der Waals surface area contributed by atoms with E-state index in [1.807, 2.05) is 60.7 Å². The fraction of sp³-hybridized carbons (Fsp3) is 0.167. The zero-order valence-corrected chi connectivity index (χ0v) is 15.9. The summed E-state index contributed by atoms with van der Waals surface area (Å²) in [6, 6.07) is 25.2. The highest BCUT2D eigenvalue weighted by atomic mass is 16.5. The quantitative estimate of drug-likeness (QED) is 0.683. The Morgan fingerprint density at radius 2 is 1.55 bits per heavy atom. The van der Waals surface area contributed by atoms with Gasteiger partial charge in [-0.3, -0.25) is 9.59 Å². The molecule has 2 unspecified atom stereocenters. The topological polar surface area (TPSA) is 67.4 Å². The highest BCUT2D eigenvalue weighted by Crippen LogP contribution is 2.27. The van der Waals surface area contributed by atoms with E-state index in [1.165, 1.54) is 0 Å². The molecule has 5 heteroatoms. The van der Waals surface area contributed by atoms with Crippen LogP contribution in [-0.2, 0) is 11.2 Å². The Labute approximate surface area is 169 Å². The lowest BCUT2D eigenvalue weighted by molar-refractivity contribution is -0.123. The van der Waals surface area contributed by atoms with Crippen molar-refractivity contribution in [2.75, 3.05) is 6.54 Å². The van der Waals surface area contributed by atoms with Crippen LogP contribution in [-0.4, -0.2) is 24.5 Å². The minimum absolute atomic E-state index is 0.113. The predicted octanol–water partition coefficient (Wildman–Crippen LogP) is 3.28. The van der Waals surface area contributed by atoms with Crippen LogP contribution < -0.4 is 15.4 Å². The summed E-state index contributed by atoms with van der Waals surface area (Å²) in [5.74, 6) is 0.308. The van der Waals surface area contributed by atoms with Gasteiger partial charge in [0.2, 0.25) is 5.91 Å². The molecule has 146 valence electrons. The minimum atomic E-state index is -0.785. The molecule has 1 heterocycles. The van der Waals surface area contributed by atoms with Crippen LogP contribution in [0.2, 0.25) is 0 Å². The second-order valence-electron chi connectivity index (χ2n) is 6.98. The molecule has 4 rings (SSSR count). The molecule has 2 atom stereocenters. The van der Waals surface area contributed by atoms with Gasteiger partial charge in [0.25, 0.3) is 5.91 Å². The lowest BCUT2D eigenvalue weighted by Crippen LogP contribution is -2.43. The second-order valence-corrected chi connectivity index (χ2v) is 6.98.